The quantitative estimate of drug-likeness (QED) is 0.459. The number of rotatable bonds is 5. The third kappa shape index (κ3) is 3.28. The molecular formula is C8H15O7P. The Balaban J connectivity index is 2.45. The molecule has 0 aromatic rings. The van der Waals surface area contributed by atoms with Crippen LogP contribution in [0.15, 0.2) is 12.8 Å². The van der Waals surface area contributed by atoms with Crippen LogP contribution in [0.1, 0.15) is 6.92 Å². The number of aliphatic hydroxyl groups is 2. The normalized spacial score (nSPS) is 38.0. The van der Waals surface area contributed by atoms with Gasteiger partial charge in [-0.1, -0.05) is 6.58 Å². The summed E-state index contributed by atoms with van der Waals surface area (Å²) in [4.78, 5) is 9.03. The van der Waals surface area contributed by atoms with Gasteiger partial charge in [-0.2, -0.15) is 0 Å². The zero-order chi connectivity index (χ0) is 12.3. The fourth-order valence-electron chi connectivity index (χ4n) is 1.36. The fraction of sp³-hybridized carbons (Fsp3) is 0.750. The Bertz CT molecular complexity index is 294. The van der Waals surface area contributed by atoms with Crippen molar-refractivity contribution in [1.82, 2.24) is 0 Å². The van der Waals surface area contributed by atoms with Gasteiger partial charge >= 0.3 is 7.82 Å². The third-order valence-corrected chi connectivity index (χ3v) is 3.10. The second-order valence-electron chi connectivity index (χ2n) is 3.40. The molecule has 0 radical (unpaired) electrons. The van der Waals surface area contributed by atoms with E-state index in [1.165, 1.54) is 0 Å². The van der Waals surface area contributed by atoms with Gasteiger partial charge in [0.15, 0.2) is 0 Å². The first kappa shape index (κ1) is 13.6. The maximum Gasteiger partial charge on any atom is 0.526 e. The Morgan fingerprint density at radius 1 is 1.50 bits per heavy atom. The van der Waals surface area contributed by atoms with Crippen molar-refractivity contribution >= 4 is 7.82 Å². The molecule has 0 aromatic heterocycles. The largest absolute Gasteiger partial charge is 0.526 e. The van der Waals surface area contributed by atoms with Gasteiger partial charge in [-0.05, 0) is 6.92 Å². The highest BCUT2D eigenvalue weighted by Gasteiger charge is 2.41. The molecule has 0 amide bonds. The van der Waals surface area contributed by atoms with Crippen molar-refractivity contribution in [3.8, 4) is 0 Å². The van der Waals surface area contributed by atoms with Crippen molar-refractivity contribution in [2.75, 3.05) is 6.61 Å². The second kappa shape index (κ2) is 5.27. The average molecular weight is 254 g/mol. The van der Waals surface area contributed by atoms with Gasteiger partial charge in [-0.15, -0.1) is 0 Å². The van der Waals surface area contributed by atoms with E-state index in [9.17, 15) is 14.8 Å². The van der Waals surface area contributed by atoms with Crippen molar-refractivity contribution in [2.45, 2.75) is 31.3 Å². The van der Waals surface area contributed by atoms with Crippen LogP contribution < -0.4 is 0 Å². The maximum atomic E-state index is 11.1. The van der Waals surface area contributed by atoms with Crippen LogP contribution in [0.4, 0.5) is 0 Å². The molecule has 3 N–H and O–H groups in total. The summed E-state index contributed by atoms with van der Waals surface area (Å²) in [5.41, 5.74) is 0. The molecule has 8 heteroatoms. The molecule has 1 fully saturated rings. The number of phosphoric acid groups is 1. The van der Waals surface area contributed by atoms with Gasteiger partial charge in [-0.25, -0.2) is 4.57 Å². The number of phosphoric ester groups is 1. The Morgan fingerprint density at radius 3 is 2.56 bits per heavy atom. The molecule has 5 atom stereocenters. The fourth-order valence-corrected chi connectivity index (χ4v) is 1.95. The SMILES string of the molecule is C=COP(=O)(O)OC[C@H]1O[C@@H](C)[C@@H](O)C1O. The Hall–Kier alpha value is -0.430. The predicted molar refractivity (Wildman–Crippen MR) is 53.4 cm³/mol. The molecule has 1 heterocycles. The minimum atomic E-state index is -4.20. The van der Waals surface area contributed by atoms with E-state index in [4.69, 9.17) is 9.63 Å². The number of aliphatic hydroxyl groups excluding tert-OH is 2. The molecule has 0 spiro atoms. The van der Waals surface area contributed by atoms with Gasteiger partial charge in [0.1, 0.15) is 18.3 Å². The average Bonchev–Trinajstić information content (AvgIpc) is 2.43. The van der Waals surface area contributed by atoms with E-state index in [0.29, 0.717) is 0 Å². The molecule has 94 valence electrons. The van der Waals surface area contributed by atoms with Gasteiger partial charge in [0.05, 0.1) is 19.0 Å². The predicted octanol–water partition coefficient (Wildman–Crippen LogP) is -0.227. The summed E-state index contributed by atoms with van der Waals surface area (Å²) in [6.45, 7) is 4.33. The van der Waals surface area contributed by atoms with Gasteiger partial charge in [0.25, 0.3) is 0 Å². The lowest BCUT2D eigenvalue weighted by atomic mass is 10.1. The molecule has 0 aliphatic carbocycles. The third-order valence-electron chi connectivity index (χ3n) is 2.21. The van der Waals surface area contributed by atoms with Crippen molar-refractivity contribution < 1.29 is 33.5 Å². The zero-order valence-corrected chi connectivity index (χ0v) is 9.62. The number of ether oxygens (including phenoxy) is 1. The van der Waals surface area contributed by atoms with Gasteiger partial charge < -0.3 is 19.5 Å². The summed E-state index contributed by atoms with van der Waals surface area (Å²) < 4.78 is 25.0. The molecule has 0 saturated carbocycles. The Kier molecular flexibility index (Phi) is 4.49. The first-order chi connectivity index (χ1) is 7.37. The van der Waals surface area contributed by atoms with E-state index in [2.05, 4.69) is 15.6 Å². The molecule has 7 nitrogen and oxygen atoms in total. The van der Waals surface area contributed by atoms with Crippen LogP contribution in [-0.4, -0.2) is 46.1 Å². The van der Waals surface area contributed by atoms with Gasteiger partial charge in [0.2, 0.25) is 0 Å². The Labute approximate surface area is 92.9 Å². The van der Waals surface area contributed by atoms with Crippen molar-refractivity contribution in [2.24, 2.45) is 0 Å². The van der Waals surface area contributed by atoms with E-state index in [-0.39, 0.29) is 6.61 Å². The van der Waals surface area contributed by atoms with E-state index >= 15 is 0 Å². The molecule has 1 aliphatic heterocycles. The minimum Gasteiger partial charge on any atom is -0.413 e. The second-order valence-corrected chi connectivity index (χ2v) is 4.80. The van der Waals surface area contributed by atoms with Gasteiger partial charge in [-0.3, -0.25) is 9.42 Å². The Morgan fingerprint density at radius 2 is 2.12 bits per heavy atom. The topological polar surface area (TPSA) is 105 Å². The lowest BCUT2D eigenvalue weighted by molar-refractivity contribution is -0.0172. The maximum absolute atomic E-state index is 11.1. The molecule has 0 aromatic carbocycles. The van der Waals surface area contributed by atoms with Crippen LogP contribution in [0, 0.1) is 0 Å². The smallest absolute Gasteiger partial charge is 0.413 e. The van der Waals surface area contributed by atoms with Crippen LogP contribution >= 0.6 is 7.82 Å². The van der Waals surface area contributed by atoms with E-state index in [1.807, 2.05) is 0 Å². The number of hydrogen-bond acceptors (Lipinski definition) is 6. The summed E-state index contributed by atoms with van der Waals surface area (Å²) in [7, 11) is -4.20. The van der Waals surface area contributed by atoms with Crippen LogP contribution in [0.3, 0.4) is 0 Å². The molecule has 0 bridgehead atoms. The first-order valence-electron chi connectivity index (χ1n) is 4.65. The van der Waals surface area contributed by atoms with Crippen molar-refractivity contribution in [1.29, 1.82) is 0 Å². The lowest BCUT2D eigenvalue weighted by Crippen LogP contribution is -2.33. The molecule has 1 rings (SSSR count). The molecule has 1 saturated heterocycles. The summed E-state index contributed by atoms with van der Waals surface area (Å²) in [6, 6.07) is 0. The highest BCUT2D eigenvalue weighted by Crippen LogP contribution is 2.44. The number of hydrogen-bond donors (Lipinski definition) is 3. The molecule has 2 unspecified atom stereocenters. The van der Waals surface area contributed by atoms with E-state index in [0.717, 1.165) is 6.26 Å². The van der Waals surface area contributed by atoms with Crippen molar-refractivity contribution in [3.63, 3.8) is 0 Å². The summed E-state index contributed by atoms with van der Waals surface area (Å²) in [5, 5.41) is 18.8. The summed E-state index contributed by atoms with van der Waals surface area (Å²) in [5.74, 6) is 0. The molecular weight excluding hydrogens is 239 g/mol. The minimum absolute atomic E-state index is 0.357. The van der Waals surface area contributed by atoms with Crippen LogP contribution in [0.5, 0.6) is 0 Å². The molecule has 16 heavy (non-hydrogen) atoms. The highest BCUT2D eigenvalue weighted by molar-refractivity contribution is 7.47. The van der Waals surface area contributed by atoms with Crippen LogP contribution in [0.25, 0.3) is 0 Å². The van der Waals surface area contributed by atoms with Crippen LogP contribution in [0.2, 0.25) is 0 Å². The molecule has 1 aliphatic rings. The standard InChI is InChI=1S/C8H15O7P/c1-3-13-16(11,12)14-4-6-8(10)7(9)5(2)15-6/h3,5-10H,1,4H2,2H3,(H,11,12)/t5-,6+,7+,8?/m0/s1. The monoisotopic (exact) mass is 254 g/mol. The summed E-state index contributed by atoms with van der Waals surface area (Å²) in [6.07, 6.45) is -2.82. The van der Waals surface area contributed by atoms with Crippen LogP contribution in [-0.2, 0) is 18.3 Å². The van der Waals surface area contributed by atoms with Crippen molar-refractivity contribution in [3.05, 3.63) is 12.8 Å². The van der Waals surface area contributed by atoms with E-state index in [1.54, 1.807) is 6.92 Å². The van der Waals surface area contributed by atoms with Gasteiger partial charge in [0, 0.05) is 0 Å². The highest BCUT2D eigenvalue weighted by atomic mass is 31.2. The summed E-state index contributed by atoms with van der Waals surface area (Å²) >= 11 is 0. The zero-order valence-electron chi connectivity index (χ0n) is 8.72. The first-order valence-corrected chi connectivity index (χ1v) is 6.15. The van der Waals surface area contributed by atoms with E-state index < -0.39 is 32.2 Å². The lowest BCUT2D eigenvalue weighted by Gasteiger charge is -2.16.